The Balaban J connectivity index is 2.37. The van der Waals surface area contributed by atoms with Crippen LogP contribution >= 0.6 is 12.2 Å². The molecule has 1 rings (SSSR count). The smallest absolute Gasteiger partial charge is 0.223 e. The van der Waals surface area contributed by atoms with Gasteiger partial charge >= 0.3 is 0 Å². The standard InChI is InChI=1S/C15H24N2OS/c1-3-4-5-6-7-8-11-18-15-13(14(16)19)12(2)9-10-17-15/h9-10H,3-8,11H2,1-2H3,(H2,16,19). The number of pyridine rings is 1. The molecule has 0 atom stereocenters. The second kappa shape index (κ2) is 8.86. The maximum Gasteiger partial charge on any atom is 0.223 e. The first-order chi connectivity index (χ1) is 9.16. The summed E-state index contributed by atoms with van der Waals surface area (Å²) in [5.74, 6) is 0.570. The normalized spacial score (nSPS) is 10.4. The first-order valence-corrected chi connectivity index (χ1v) is 7.45. The van der Waals surface area contributed by atoms with Gasteiger partial charge in [0.2, 0.25) is 5.88 Å². The Kier molecular flexibility index (Phi) is 7.41. The average molecular weight is 280 g/mol. The maximum atomic E-state index is 5.71. The predicted molar refractivity (Wildman–Crippen MR) is 83.7 cm³/mol. The van der Waals surface area contributed by atoms with Gasteiger partial charge < -0.3 is 10.5 Å². The second-order valence-electron chi connectivity index (χ2n) is 4.79. The van der Waals surface area contributed by atoms with E-state index in [9.17, 15) is 0 Å². The molecule has 2 N–H and O–H groups in total. The Hall–Kier alpha value is -1.16. The highest BCUT2D eigenvalue weighted by molar-refractivity contribution is 7.80. The third-order valence-corrected chi connectivity index (χ3v) is 3.31. The van der Waals surface area contributed by atoms with Gasteiger partial charge in [0.15, 0.2) is 0 Å². The first kappa shape index (κ1) is 15.9. The van der Waals surface area contributed by atoms with Crippen molar-refractivity contribution < 1.29 is 4.74 Å². The van der Waals surface area contributed by atoms with Crippen LogP contribution in [0.1, 0.15) is 56.6 Å². The number of unbranched alkanes of at least 4 members (excludes halogenated alkanes) is 5. The fourth-order valence-corrected chi connectivity index (χ4v) is 2.24. The highest BCUT2D eigenvalue weighted by Gasteiger charge is 2.10. The van der Waals surface area contributed by atoms with Crippen LogP contribution in [0, 0.1) is 6.92 Å². The molecule has 0 saturated heterocycles. The minimum Gasteiger partial charge on any atom is -0.477 e. The molecule has 4 heteroatoms. The second-order valence-corrected chi connectivity index (χ2v) is 5.23. The maximum absolute atomic E-state index is 5.71. The molecular formula is C15H24N2OS. The molecule has 3 nitrogen and oxygen atoms in total. The van der Waals surface area contributed by atoms with Crippen molar-refractivity contribution in [3.05, 3.63) is 23.4 Å². The van der Waals surface area contributed by atoms with Crippen LogP contribution in [-0.2, 0) is 0 Å². The van der Waals surface area contributed by atoms with E-state index in [1.807, 2.05) is 13.0 Å². The summed E-state index contributed by atoms with van der Waals surface area (Å²) in [6.45, 7) is 4.87. The van der Waals surface area contributed by atoms with E-state index in [0.29, 0.717) is 17.5 Å². The van der Waals surface area contributed by atoms with Crippen LogP contribution in [0.2, 0.25) is 0 Å². The van der Waals surface area contributed by atoms with Crippen molar-refractivity contribution in [3.8, 4) is 5.88 Å². The van der Waals surface area contributed by atoms with Crippen LogP contribution in [0.15, 0.2) is 12.3 Å². The lowest BCUT2D eigenvalue weighted by molar-refractivity contribution is 0.292. The lowest BCUT2D eigenvalue weighted by atomic mass is 10.1. The van der Waals surface area contributed by atoms with E-state index >= 15 is 0 Å². The van der Waals surface area contributed by atoms with E-state index in [4.69, 9.17) is 22.7 Å². The van der Waals surface area contributed by atoms with Crippen molar-refractivity contribution >= 4 is 17.2 Å². The molecule has 0 aliphatic rings. The third-order valence-electron chi connectivity index (χ3n) is 3.11. The molecule has 106 valence electrons. The third kappa shape index (κ3) is 5.55. The van der Waals surface area contributed by atoms with Crippen LogP contribution in [-0.4, -0.2) is 16.6 Å². The lowest BCUT2D eigenvalue weighted by Crippen LogP contribution is -2.15. The Morgan fingerprint density at radius 2 is 1.95 bits per heavy atom. The Labute approximate surface area is 121 Å². The molecule has 1 aromatic rings. The quantitative estimate of drug-likeness (QED) is 0.552. The number of hydrogen-bond acceptors (Lipinski definition) is 3. The summed E-state index contributed by atoms with van der Waals surface area (Å²) < 4.78 is 5.71. The van der Waals surface area contributed by atoms with Crippen molar-refractivity contribution in [1.29, 1.82) is 0 Å². The zero-order valence-electron chi connectivity index (χ0n) is 11.9. The van der Waals surface area contributed by atoms with Crippen molar-refractivity contribution in [2.45, 2.75) is 52.4 Å². The van der Waals surface area contributed by atoms with Crippen molar-refractivity contribution in [1.82, 2.24) is 4.98 Å². The average Bonchev–Trinajstić information content (AvgIpc) is 2.37. The molecule has 0 unspecified atom stereocenters. The number of hydrogen-bond donors (Lipinski definition) is 1. The summed E-state index contributed by atoms with van der Waals surface area (Å²) in [6, 6.07) is 1.89. The monoisotopic (exact) mass is 280 g/mol. The summed E-state index contributed by atoms with van der Waals surface area (Å²) >= 11 is 5.04. The van der Waals surface area contributed by atoms with E-state index in [2.05, 4.69) is 11.9 Å². The fourth-order valence-electron chi connectivity index (χ4n) is 1.99. The minimum absolute atomic E-state index is 0.351. The largest absolute Gasteiger partial charge is 0.477 e. The van der Waals surface area contributed by atoms with Gasteiger partial charge in [-0.05, 0) is 25.0 Å². The van der Waals surface area contributed by atoms with E-state index in [-0.39, 0.29) is 0 Å². The van der Waals surface area contributed by atoms with Crippen LogP contribution in [0.4, 0.5) is 0 Å². The summed E-state index contributed by atoms with van der Waals surface area (Å²) in [5, 5.41) is 0. The van der Waals surface area contributed by atoms with Gasteiger partial charge in [-0.1, -0.05) is 51.2 Å². The molecule has 1 heterocycles. The van der Waals surface area contributed by atoms with E-state index in [1.54, 1.807) is 6.20 Å². The highest BCUT2D eigenvalue weighted by atomic mass is 32.1. The molecule has 0 aliphatic heterocycles. The molecule has 0 aliphatic carbocycles. The van der Waals surface area contributed by atoms with Crippen LogP contribution in [0.5, 0.6) is 5.88 Å². The zero-order chi connectivity index (χ0) is 14.1. The van der Waals surface area contributed by atoms with Crippen molar-refractivity contribution in [2.75, 3.05) is 6.61 Å². The van der Waals surface area contributed by atoms with Crippen LogP contribution in [0.3, 0.4) is 0 Å². The SMILES string of the molecule is CCCCCCCCOc1nccc(C)c1C(N)=S. The van der Waals surface area contributed by atoms with Gasteiger partial charge in [-0.25, -0.2) is 4.98 Å². The van der Waals surface area contributed by atoms with Gasteiger partial charge in [0.05, 0.1) is 12.2 Å². The molecule has 0 radical (unpaired) electrons. The van der Waals surface area contributed by atoms with Gasteiger partial charge in [-0.3, -0.25) is 0 Å². The van der Waals surface area contributed by atoms with Gasteiger partial charge in [0, 0.05) is 6.20 Å². The van der Waals surface area contributed by atoms with Crippen molar-refractivity contribution in [2.24, 2.45) is 5.73 Å². The van der Waals surface area contributed by atoms with Gasteiger partial charge in [0.25, 0.3) is 0 Å². The molecule has 0 amide bonds. The summed E-state index contributed by atoms with van der Waals surface area (Å²) in [7, 11) is 0. The van der Waals surface area contributed by atoms with E-state index in [1.165, 1.54) is 32.1 Å². The molecular weight excluding hydrogens is 256 g/mol. The van der Waals surface area contributed by atoms with E-state index in [0.717, 1.165) is 17.5 Å². The van der Waals surface area contributed by atoms with E-state index < -0.39 is 0 Å². The summed E-state index contributed by atoms with van der Waals surface area (Å²) in [6.07, 6.45) is 9.18. The molecule has 0 aromatic carbocycles. The lowest BCUT2D eigenvalue weighted by Gasteiger charge is -2.11. The number of rotatable bonds is 9. The Bertz CT molecular complexity index is 407. The van der Waals surface area contributed by atoms with Crippen molar-refractivity contribution in [3.63, 3.8) is 0 Å². The fraction of sp³-hybridized carbons (Fsp3) is 0.600. The highest BCUT2D eigenvalue weighted by Crippen LogP contribution is 2.19. The number of nitrogens with two attached hydrogens (primary N) is 1. The molecule has 0 spiro atoms. The molecule has 19 heavy (non-hydrogen) atoms. The Morgan fingerprint density at radius 1 is 1.26 bits per heavy atom. The van der Waals surface area contributed by atoms with Crippen LogP contribution in [0.25, 0.3) is 0 Å². The number of aryl methyl sites for hydroxylation is 1. The number of nitrogens with zero attached hydrogens (tertiary/aromatic N) is 1. The summed E-state index contributed by atoms with van der Waals surface area (Å²) in [5.41, 5.74) is 7.49. The zero-order valence-corrected chi connectivity index (χ0v) is 12.8. The topological polar surface area (TPSA) is 48.1 Å². The van der Waals surface area contributed by atoms with Gasteiger partial charge in [-0.2, -0.15) is 0 Å². The van der Waals surface area contributed by atoms with Crippen LogP contribution < -0.4 is 10.5 Å². The van der Waals surface area contributed by atoms with Gasteiger partial charge in [-0.15, -0.1) is 0 Å². The Morgan fingerprint density at radius 3 is 2.63 bits per heavy atom. The molecule has 0 bridgehead atoms. The molecule has 0 fully saturated rings. The molecule has 1 aromatic heterocycles. The first-order valence-electron chi connectivity index (χ1n) is 7.05. The number of thiocarbonyl (C=S) groups is 1. The van der Waals surface area contributed by atoms with Gasteiger partial charge in [0.1, 0.15) is 4.99 Å². The minimum atomic E-state index is 0.351. The number of aromatic nitrogens is 1. The summed E-state index contributed by atoms with van der Waals surface area (Å²) in [4.78, 5) is 4.57. The predicted octanol–water partition coefficient (Wildman–Crippen LogP) is 3.76. The number of ether oxygens (including phenoxy) is 1. The molecule has 0 saturated carbocycles.